The number of hydrogen-bond donors (Lipinski definition) is 1. The zero-order chi connectivity index (χ0) is 20.4. The number of anilines is 2. The molecule has 0 bridgehead atoms. The number of benzene rings is 2. The summed E-state index contributed by atoms with van der Waals surface area (Å²) in [5, 5.41) is 4.79. The minimum atomic E-state index is -4.34. The summed E-state index contributed by atoms with van der Waals surface area (Å²) < 4.78 is 38.8. The highest BCUT2D eigenvalue weighted by molar-refractivity contribution is 7.80. The van der Waals surface area contributed by atoms with Crippen molar-refractivity contribution in [2.75, 3.05) is 36.4 Å². The Kier molecular flexibility index (Phi) is 5.27. The Labute approximate surface area is 171 Å². The van der Waals surface area contributed by atoms with E-state index in [4.69, 9.17) is 12.2 Å². The number of pyridine rings is 1. The van der Waals surface area contributed by atoms with Gasteiger partial charge in [0.05, 0.1) is 11.1 Å². The van der Waals surface area contributed by atoms with Crippen molar-refractivity contribution in [1.29, 1.82) is 0 Å². The number of piperazine rings is 1. The van der Waals surface area contributed by atoms with Gasteiger partial charge in [-0.15, -0.1) is 0 Å². The summed E-state index contributed by atoms with van der Waals surface area (Å²) >= 11 is 5.51. The molecule has 3 aromatic rings. The Bertz CT molecular complexity index is 1030. The summed E-state index contributed by atoms with van der Waals surface area (Å²) in [5.41, 5.74) is 0.834. The zero-order valence-electron chi connectivity index (χ0n) is 15.5. The molecule has 0 aliphatic carbocycles. The lowest BCUT2D eigenvalue weighted by molar-refractivity contribution is -0.137. The van der Waals surface area contributed by atoms with Gasteiger partial charge in [-0.3, -0.25) is 0 Å². The Morgan fingerprint density at radius 1 is 0.931 bits per heavy atom. The first kappa shape index (κ1) is 19.4. The molecule has 1 aliphatic rings. The predicted octanol–water partition coefficient (Wildman–Crippen LogP) is 4.77. The summed E-state index contributed by atoms with van der Waals surface area (Å²) in [6.07, 6.45) is -4.34. The Hall–Kier alpha value is -2.87. The lowest BCUT2D eigenvalue weighted by atomic mass is 10.1. The van der Waals surface area contributed by atoms with Gasteiger partial charge in [-0.1, -0.05) is 24.3 Å². The second kappa shape index (κ2) is 7.87. The van der Waals surface area contributed by atoms with Crippen LogP contribution in [-0.4, -0.2) is 41.2 Å². The normalized spacial score (nSPS) is 14.9. The van der Waals surface area contributed by atoms with Crippen LogP contribution in [0.2, 0.25) is 0 Å². The summed E-state index contributed by atoms with van der Waals surface area (Å²) in [5.74, 6) is 0.675. The van der Waals surface area contributed by atoms with E-state index < -0.39 is 11.7 Å². The van der Waals surface area contributed by atoms with Crippen LogP contribution in [0.5, 0.6) is 0 Å². The van der Waals surface area contributed by atoms with E-state index in [1.807, 2.05) is 46.2 Å². The molecule has 0 saturated carbocycles. The van der Waals surface area contributed by atoms with E-state index >= 15 is 0 Å². The number of fused-ring (bicyclic) bond motifs is 1. The average molecular weight is 416 g/mol. The van der Waals surface area contributed by atoms with Gasteiger partial charge in [0.25, 0.3) is 0 Å². The van der Waals surface area contributed by atoms with Crippen molar-refractivity contribution < 1.29 is 13.2 Å². The maximum Gasteiger partial charge on any atom is 0.416 e. The maximum absolute atomic E-state index is 12.9. The van der Waals surface area contributed by atoms with Crippen LogP contribution in [0.15, 0.2) is 60.7 Å². The molecule has 8 heteroatoms. The molecule has 1 saturated heterocycles. The number of alkyl halides is 3. The topological polar surface area (TPSA) is 31.4 Å². The van der Waals surface area contributed by atoms with Crippen molar-refractivity contribution in [1.82, 2.24) is 9.88 Å². The van der Waals surface area contributed by atoms with Crippen LogP contribution in [0.1, 0.15) is 5.56 Å². The van der Waals surface area contributed by atoms with E-state index in [2.05, 4.69) is 10.3 Å². The number of halogens is 3. The number of para-hydroxylation sites is 1. The molecule has 2 heterocycles. The van der Waals surface area contributed by atoms with Crippen molar-refractivity contribution in [2.45, 2.75) is 6.18 Å². The monoisotopic (exact) mass is 416 g/mol. The van der Waals surface area contributed by atoms with Crippen LogP contribution < -0.4 is 10.2 Å². The third kappa shape index (κ3) is 4.42. The Morgan fingerprint density at radius 2 is 1.69 bits per heavy atom. The largest absolute Gasteiger partial charge is 0.416 e. The third-order valence-corrected chi connectivity index (χ3v) is 5.30. The minimum absolute atomic E-state index is 0.566. The van der Waals surface area contributed by atoms with Crippen molar-refractivity contribution in [2.24, 2.45) is 0 Å². The molecule has 1 fully saturated rings. The maximum atomic E-state index is 12.9. The fourth-order valence-electron chi connectivity index (χ4n) is 3.37. The van der Waals surface area contributed by atoms with Gasteiger partial charge >= 0.3 is 6.18 Å². The van der Waals surface area contributed by atoms with Gasteiger partial charge in [-0.25, -0.2) is 4.98 Å². The molecule has 1 N–H and O–H groups in total. The van der Waals surface area contributed by atoms with E-state index in [0.717, 1.165) is 17.0 Å². The number of hydrogen-bond acceptors (Lipinski definition) is 3. The molecule has 1 aromatic heterocycles. The summed E-state index contributed by atoms with van der Waals surface area (Å²) in [4.78, 5) is 8.52. The van der Waals surface area contributed by atoms with Gasteiger partial charge in [0.15, 0.2) is 5.11 Å². The van der Waals surface area contributed by atoms with Crippen molar-refractivity contribution in [3.05, 3.63) is 66.2 Å². The highest BCUT2D eigenvalue weighted by atomic mass is 32.1. The molecule has 0 atom stereocenters. The lowest BCUT2D eigenvalue weighted by Crippen LogP contribution is -2.50. The third-order valence-electron chi connectivity index (χ3n) is 4.94. The summed E-state index contributed by atoms with van der Waals surface area (Å²) in [6, 6.07) is 17.2. The van der Waals surface area contributed by atoms with Crippen LogP contribution in [0.3, 0.4) is 0 Å². The van der Waals surface area contributed by atoms with E-state index in [9.17, 15) is 13.2 Å². The van der Waals surface area contributed by atoms with E-state index in [0.29, 0.717) is 42.8 Å². The molecule has 1 aliphatic heterocycles. The second-order valence-corrected chi connectivity index (χ2v) is 7.23. The minimum Gasteiger partial charge on any atom is -0.368 e. The van der Waals surface area contributed by atoms with Gasteiger partial charge in [-0.05, 0) is 48.6 Å². The van der Waals surface area contributed by atoms with Crippen LogP contribution in [0, 0.1) is 0 Å². The van der Waals surface area contributed by atoms with Crippen LogP contribution >= 0.6 is 12.2 Å². The quantitative estimate of drug-likeness (QED) is 0.608. The van der Waals surface area contributed by atoms with Crippen LogP contribution in [0.4, 0.5) is 24.7 Å². The van der Waals surface area contributed by atoms with E-state index in [-0.39, 0.29) is 0 Å². The number of rotatable bonds is 2. The standard InChI is InChI=1S/C21H19F3N4S/c22-21(23,24)16-5-3-6-17(14-16)27-10-12-28(13-11-27)20(29)26-19-9-8-15-4-1-2-7-18(15)25-19/h1-9,14H,10-13H2,(H,25,26,29). The molecular formula is C21H19F3N4S. The molecule has 29 heavy (non-hydrogen) atoms. The first-order chi connectivity index (χ1) is 13.9. The first-order valence-electron chi connectivity index (χ1n) is 9.24. The molecule has 0 unspecified atom stereocenters. The number of aromatic nitrogens is 1. The smallest absolute Gasteiger partial charge is 0.368 e. The summed E-state index contributed by atoms with van der Waals surface area (Å²) in [6.45, 7) is 2.42. The molecule has 4 nitrogen and oxygen atoms in total. The van der Waals surface area contributed by atoms with Gasteiger partial charge < -0.3 is 15.1 Å². The molecule has 0 amide bonds. The molecule has 0 spiro atoms. The molecule has 4 rings (SSSR count). The summed E-state index contributed by atoms with van der Waals surface area (Å²) in [7, 11) is 0. The van der Waals surface area contributed by atoms with Crippen molar-refractivity contribution >= 4 is 39.7 Å². The second-order valence-electron chi connectivity index (χ2n) is 6.84. The van der Waals surface area contributed by atoms with Crippen molar-refractivity contribution in [3.8, 4) is 0 Å². The van der Waals surface area contributed by atoms with Gasteiger partial charge in [0.2, 0.25) is 0 Å². The Balaban J connectivity index is 1.38. The zero-order valence-corrected chi connectivity index (χ0v) is 16.3. The van der Waals surface area contributed by atoms with E-state index in [1.54, 1.807) is 6.07 Å². The highest BCUT2D eigenvalue weighted by Crippen LogP contribution is 2.31. The van der Waals surface area contributed by atoms with Gasteiger partial charge in [-0.2, -0.15) is 13.2 Å². The van der Waals surface area contributed by atoms with Gasteiger partial charge in [0, 0.05) is 37.3 Å². The Morgan fingerprint density at radius 3 is 2.45 bits per heavy atom. The number of nitrogens with one attached hydrogen (secondary N) is 1. The van der Waals surface area contributed by atoms with Gasteiger partial charge in [0.1, 0.15) is 5.82 Å². The van der Waals surface area contributed by atoms with E-state index in [1.165, 1.54) is 12.1 Å². The van der Waals surface area contributed by atoms with Crippen molar-refractivity contribution in [3.63, 3.8) is 0 Å². The SMILES string of the molecule is FC(F)(F)c1cccc(N2CCN(C(=S)Nc3ccc4ccccc4n3)CC2)c1. The van der Waals surface area contributed by atoms with Crippen LogP contribution in [-0.2, 0) is 6.18 Å². The number of nitrogens with zero attached hydrogens (tertiary/aromatic N) is 3. The predicted molar refractivity (Wildman–Crippen MR) is 113 cm³/mol. The highest BCUT2D eigenvalue weighted by Gasteiger charge is 2.31. The first-order valence-corrected chi connectivity index (χ1v) is 9.65. The molecule has 2 aromatic carbocycles. The average Bonchev–Trinajstić information content (AvgIpc) is 2.73. The number of thiocarbonyl (C=S) groups is 1. The fourth-order valence-corrected chi connectivity index (χ4v) is 3.66. The fraction of sp³-hybridized carbons (Fsp3) is 0.238. The molecule has 150 valence electrons. The molecular weight excluding hydrogens is 397 g/mol. The lowest BCUT2D eigenvalue weighted by Gasteiger charge is -2.37. The molecule has 0 radical (unpaired) electrons. The van der Waals surface area contributed by atoms with Crippen LogP contribution in [0.25, 0.3) is 10.9 Å².